The van der Waals surface area contributed by atoms with E-state index in [4.69, 9.17) is 9.47 Å². The minimum Gasteiger partial charge on any atom is -0.438 e. The van der Waals surface area contributed by atoms with Crippen molar-refractivity contribution in [2.24, 2.45) is 29.1 Å². The summed E-state index contributed by atoms with van der Waals surface area (Å²) in [7, 11) is 0. The van der Waals surface area contributed by atoms with Crippen molar-refractivity contribution in [2.45, 2.75) is 72.8 Å². The molecule has 4 aliphatic rings. The average molecular weight is 324 g/mol. The molecule has 5 unspecified atom stereocenters. The Morgan fingerprint density at radius 2 is 1.87 bits per heavy atom. The van der Waals surface area contributed by atoms with E-state index in [-0.39, 0.29) is 30.7 Å². The molecule has 23 heavy (non-hydrogen) atoms. The average Bonchev–Trinajstić information content (AvgIpc) is 2.55. The Hall–Kier alpha value is -0.900. The molecule has 0 aromatic carbocycles. The van der Waals surface area contributed by atoms with Crippen molar-refractivity contribution < 1.29 is 19.1 Å². The Kier molecular flexibility index (Phi) is 5.88. The Balaban J connectivity index is 0.000000924. The molecule has 0 spiro atoms. The Labute approximate surface area is 140 Å². The molecule has 0 aliphatic heterocycles. The number of hydrogen-bond donors (Lipinski definition) is 0. The second-order valence-corrected chi connectivity index (χ2v) is 7.69. The monoisotopic (exact) mass is 324 g/mol. The third kappa shape index (κ3) is 3.62. The summed E-state index contributed by atoms with van der Waals surface area (Å²) in [5.41, 5.74) is -0.469. The SMILES string of the molecule is CC.CCC(C)(C)C(=O)OCOC1C2CC3CC(C2)C(=O)C1C3. The lowest BCUT2D eigenvalue weighted by molar-refractivity contribution is -0.193. The summed E-state index contributed by atoms with van der Waals surface area (Å²) >= 11 is 0. The van der Waals surface area contributed by atoms with Gasteiger partial charge in [0.2, 0.25) is 0 Å². The van der Waals surface area contributed by atoms with Crippen LogP contribution in [0.2, 0.25) is 0 Å². The van der Waals surface area contributed by atoms with Gasteiger partial charge in [0.25, 0.3) is 0 Å². The molecule has 4 nitrogen and oxygen atoms in total. The highest BCUT2D eigenvalue weighted by Gasteiger charge is 2.53. The molecule has 0 amide bonds. The predicted octanol–water partition coefficient (Wildman–Crippen LogP) is 3.97. The molecule has 4 bridgehead atoms. The maximum Gasteiger partial charge on any atom is 0.313 e. The van der Waals surface area contributed by atoms with E-state index in [0.29, 0.717) is 11.7 Å². The molecule has 132 valence electrons. The number of esters is 1. The third-order valence-corrected chi connectivity index (χ3v) is 5.94. The van der Waals surface area contributed by atoms with Gasteiger partial charge in [-0.2, -0.15) is 0 Å². The molecule has 4 fully saturated rings. The molecule has 0 N–H and O–H groups in total. The zero-order valence-electron chi connectivity index (χ0n) is 15.3. The van der Waals surface area contributed by atoms with Crippen LogP contribution in [0.4, 0.5) is 0 Å². The van der Waals surface area contributed by atoms with E-state index < -0.39 is 5.41 Å². The van der Waals surface area contributed by atoms with Crippen LogP contribution in [0.15, 0.2) is 0 Å². The first-order chi connectivity index (χ1) is 10.9. The minimum atomic E-state index is -0.469. The fraction of sp³-hybridized carbons (Fsp3) is 0.895. The van der Waals surface area contributed by atoms with Crippen molar-refractivity contribution in [1.29, 1.82) is 0 Å². The van der Waals surface area contributed by atoms with Gasteiger partial charge in [0.15, 0.2) is 6.79 Å². The Bertz CT molecular complexity index is 443. The van der Waals surface area contributed by atoms with Crippen molar-refractivity contribution in [1.82, 2.24) is 0 Å². The number of hydrogen-bond acceptors (Lipinski definition) is 4. The molecule has 4 aliphatic carbocycles. The first kappa shape index (κ1) is 18.4. The van der Waals surface area contributed by atoms with Crippen LogP contribution in [0.1, 0.15) is 66.7 Å². The molecule has 0 aromatic rings. The minimum absolute atomic E-state index is 0.0114. The van der Waals surface area contributed by atoms with E-state index in [2.05, 4.69) is 0 Å². The molecule has 4 rings (SSSR count). The Morgan fingerprint density at radius 3 is 2.52 bits per heavy atom. The van der Waals surface area contributed by atoms with E-state index in [1.807, 2.05) is 34.6 Å². The summed E-state index contributed by atoms with van der Waals surface area (Å²) in [6.07, 6.45) is 4.94. The summed E-state index contributed by atoms with van der Waals surface area (Å²) in [6, 6.07) is 0. The van der Waals surface area contributed by atoms with Crippen LogP contribution in [0.5, 0.6) is 0 Å². The first-order valence-corrected chi connectivity index (χ1v) is 9.25. The van der Waals surface area contributed by atoms with Crippen molar-refractivity contribution >= 4 is 11.8 Å². The van der Waals surface area contributed by atoms with Crippen LogP contribution >= 0.6 is 0 Å². The van der Waals surface area contributed by atoms with Gasteiger partial charge < -0.3 is 9.47 Å². The van der Waals surface area contributed by atoms with Gasteiger partial charge in [0, 0.05) is 11.8 Å². The smallest absolute Gasteiger partial charge is 0.313 e. The lowest BCUT2D eigenvalue weighted by Crippen LogP contribution is -2.55. The second-order valence-electron chi connectivity index (χ2n) is 7.69. The molecule has 0 radical (unpaired) electrons. The van der Waals surface area contributed by atoms with E-state index >= 15 is 0 Å². The summed E-state index contributed by atoms with van der Waals surface area (Å²) < 4.78 is 11.1. The molecular formula is C19H32O4. The zero-order chi connectivity index (χ0) is 17.2. The van der Waals surface area contributed by atoms with Gasteiger partial charge in [0.1, 0.15) is 5.78 Å². The van der Waals surface area contributed by atoms with Gasteiger partial charge in [-0.15, -0.1) is 0 Å². The molecule has 5 atom stereocenters. The summed E-state index contributed by atoms with van der Waals surface area (Å²) in [4.78, 5) is 24.2. The van der Waals surface area contributed by atoms with E-state index in [1.54, 1.807) is 0 Å². The highest BCUT2D eigenvalue weighted by atomic mass is 16.7. The second kappa shape index (κ2) is 7.33. The van der Waals surface area contributed by atoms with E-state index in [9.17, 15) is 9.59 Å². The Morgan fingerprint density at radius 1 is 1.17 bits per heavy atom. The quantitative estimate of drug-likeness (QED) is 0.567. The van der Waals surface area contributed by atoms with Gasteiger partial charge in [-0.1, -0.05) is 20.8 Å². The van der Waals surface area contributed by atoms with Crippen molar-refractivity contribution in [3.63, 3.8) is 0 Å². The van der Waals surface area contributed by atoms with Crippen LogP contribution in [0.3, 0.4) is 0 Å². The van der Waals surface area contributed by atoms with Gasteiger partial charge in [-0.3, -0.25) is 9.59 Å². The van der Waals surface area contributed by atoms with Crippen LogP contribution in [0.25, 0.3) is 0 Å². The van der Waals surface area contributed by atoms with E-state index in [1.165, 1.54) is 6.42 Å². The summed E-state index contributed by atoms with van der Waals surface area (Å²) in [6.45, 7) is 9.71. The van der Waals surface area contributed by atoms with E-state index in [0.717, 1.165) is 31.6 Å². The largest absolute Gasteiger partial charge is 0.438 e. The highest BCUT2D eigenvalue weighted by molar-refractivity contribution is 5.86. The normalized spacial score (nSPS) is 34.8. The summed E-state index contributed by atoms with van der Waals surface area (Å²) in [5.74, 6) is 1.72. The van der Waals surface area contributed by atoms with Gasteiger partial charge >= 0.3 is 5.97 Å². The number of Topliss-reactive ketones (excluding diaryl/α,β-unsaturated/α-hetero) is 1. The van der Waals surface area contributed by atoms with Crippen LogP contribution in [-0.4, -0.2) is 24.6 Å². The van der Waals surface area contributed by atoms with Crippen molar-refractivity contribution in [3.05, 3.63) is 0 Å². The molecule has 0 aromatic heterocycles. The maximum absolute atomic E-state index is 12.3. The lowest BCUT2D eigenvalue weighted by Gasteiger charge is -2.52. The highest BCUT2D eigenvalue weighted by Crippen LogP contribution is 2.52. The number of carbonyl (C=O) groups excluding carboxylic acids is 2. The molecule has 0 saturated heterocycles. The lowest BCUT2D eigenvalue weighted by atomic mass is 9.54. The van der Waals surface area contributed by atoms with Gasteiger partial charge in [-0.05, 0) is 57.8 Å². The maximum atomic E-state index is 12.3. The van der Waals surface area contributed by atoms with Crippen LogP contribution in [-0.2, 0) is 19.1 Å². The van der Waals surface area contributed by atoms with Gasteiger partial charge in [0.05, 0.1) is 11.5 Å². The first-order valence-electron chi connectivity index (χ1n) is 9.25. The standard InChI is InChI=1S/C17H26O4.C2H6/c1-4-17(2,3)16(19)21-9-20-15-12-6-10-5-11(8-12)14(18)13(15)7-10;1-2/h10-13,15H,4-9H2,1-3H3;1-2H3. The summed E-state index contributed by atoms with van der Waals surface area (Å²) in [5, 5.41) is 0. The fourth-order valence-corrected chi connectivity index (χ4v) is 4.34. The number of carbonyl (C=O) groups is 2. The van der Waals surface area contributed by atoms with Crippen molar-refractivity contribution in [3.8, 4) is 0 Å². The van der Waals surface area contributed by atoms with Crippen LogP contribution in [0, 0.1) is 29.1 Å². The number of rotatable bonds is 5. The molecule has 4 saturated carbocycles. The third-order valence-electron chi connectivity index (χ3n) is 5.94. The van der Waals surface area contributed by atoms with Crippen molar-refractivity contribution in [2.75, 3.05) is 6.79 Å². The molecular weight excluding hydrogens is 292 g/mol. The number of ether oxygens (including phenoxy) is 2. The fourth-order valence-electron chi connectivity index (χ4n) is 4.34. The van der Waals surface area contributed by atoms with Crippen LogP contribution < -0.4 is 0 Å². The topological polar surface area (TPSA) is 52.6 Å². The molecule has 0 heterocycles. The number of ketones is 1. The molecule has 4 heteroatoms. The van der Waals surface area contributed by atoms with Gasteiger partial charge in [-0.25, -0.2) is 0 Å². The zero-order valence-corrected chi connectivity index (χ0v) is 15.3. The predicted molar refractivity (Wildman–Crippen MR) is 88.7 cm³/mol.